The van der Waals surface area contributed by atoms with Crippen molar-refractivity contribution in [2.75, 3.05) is 0 Å². The molecule has 0 unspecified atom stereocenters. The number of thiazole rings is 1. The molecule has 0 aliphatic carbocycles. The maximum Gasteiger partial charge on any atom is 0.261 e. The highest BCUT2D eigenvalue weighted by atomic mass is 32.1. The number of rotatable bonds is 0. The van der Waals surface area contributed by atoms with Gasteiger partial charge in [0.1, 0.15) is 16.2 Å². The van der Waals surface area contributed by atoms with Crippen molar-refractivity contribution in [2.45, 2.75) is 33.2 Å². The molecule has 0 amide bonds. The van der Waals surface area contributed by atoms with Gasteiger partial charge in [0.15, 0.2) is 5.01 Å². The highest BCUT2D eigenvalue weighted by molar-refractivity contribution is 7.18. The first kappa shape index (κ1) is 17.1. The Morgan fingerprint density at radius 1 is 1.14 bits per heavy atom. The van der Waals surface area contributed by atoms with E-state index in [1.165, 1.54) is 11.3 Å². The van der Waals surface area contributed by atoms with Gasteiger partial charge in [-0.2, -0.15) is 0 Å². The first-order valence-electron chi connectivity index (χ1n) is 9.26. The van der Waals surface area contributed by atoms with Gasteiger partial charge in [0, 0.05) is 24.7 Å². The van der Waals surface area contributed by atoms with Crippen molar-refractivity contribution >= 4 is 32.6 Å². The lowest BCUT2D eigenvalue weighted by atomic mass is 9.85. The average Bonchev–Trinajstić information content (AvgIpc) is 3.10. The Hall–Kier alpha value is -3.04. The van der Waals surface area contributed by atoms with E-state index in [1.54, 1.807) is 6.20 Å². The third-order valence-corrected chi connectivity index (χ3v) is 6.02. The van der Waals surface area contributed by atoms with Crippen LogP contribution in [-0.4, -0.2) is 19.5 Å². The van der Waals surface area contributed by atoms with Crippen molar-refractivity contribution in [1.29, 1.82) is 0 Å². The van der Waals surface area contributed by atoms with Gasteiger partial charge in [-0.3, -0.25) is 9.36 Å². The Kier molecular flexibility index (Phi) is 3.81. The minimum absolute atomic E-state index is 0.0459. The summed E-state index contributed by atoms with van der Waals surface area (Å²) in [4.78, 5) is 27.4. The summed E-state index contributed by atoms with van der Waals surface area (Å²) in [6, 6.07) is 9.42. The Morgan fingerprint density at radius 2 is 2.04 bits per heavy atom. The van der Waals surface area contributed by atoms with Gasteiger partial charge in [0.25, 0.3) is 5.56 Å². The maximum atomic E-state index is 12.9. The monoisotopic (exact) mass is 386 g/mol. The molecule has 1 aromatic carbocycles. The van der Waals surface area contributed by atoms with Crippen molar-refractivity contribution in [1.82, 2.24) is 19.5 Å². The SMILES string of the molecule is CC1(C)CCc2nc3cc(C#Cc4nc5cccnc5s4)ccc3c(=O)n2C1. The second-order valence-corrected chi connectivity index (χ2v) is 8.89. The van der Waals surface area contributed by atoms with Crippen LogP contribution in [0.3, 0.4) is 0 Å². The molecule has 6 heteroatoms. The van der Waals surface area contributed by atoms with Crippen molar-refractivity contribution in [3.63, 3.8) is 0 Å². The largest absolute Gasteiger partial charge is 0.296 e. The van der Waals surface area contributed by atoms with Crippen LogP contribution in [0.25, 0.3) is 21.3 Å². The maximum absolute atomic E-state index is 12.9. The summed E-state index contributed by atoms with van der Waals surface area (Å²) in [5.74, 6) is 7.13. The smallest absolute Gasteiger partial charge is 0.261 e. The summed E-state index contributed by atoms with van der Waals surface area (Å²) in [7, 11) is 0. The summed E-state index contributed by atoms with van der Waals surface area (Å²) in [6.07, 6.45) is 3.62. The molecule has 4 heterocycles. The van der Waals surface area contributed by atoms with Crippen LogP contribution in [0.1, 0.15) is 36.7 Å². The average molecular weight is 386 g/mol. The molecule has 4 aromatic rings. The van der Waals surface area contributed by atoms with E-state index in [0.717, 1.165) is 46.1 Å². The number of hydrogen-bond donors (Lipinski definition) is 0. The first-order valence-corrected chi connectivity index (χ1v) is 10.1. The van der Waals surface area contributed by atoms with Gasteiger partial charge < -0.3 is 0 Å². The number of hydrogen-bond acceptors (Lipinski definition) is 5. The molecule has 0 radical (unpaired) electrons. The molecule has 138 valence electrons. The predicted octanol–water partition coefficient (Wildman–Crippen LogP) is 3.77. The molecule has 0 fully saturated rings. The second-order valence-electron chi connectivity index (χ2n) is 7.91. The molecule has 1 aliphatic heterocycles. The van der Waals surface area contributed by atoms with E-state index in [-0.39, 0.29) is 11.0 Å². The lowest BCUT2D eigenvalue weighted by Crippen LogP contribution is -2.36. The topological polar surface area (TPSA) is 60.7 Å². The fourth-order valence-corrected chi connectivity index (χ4v) is 4.37. The lowest BCUT2D eigenvalue weighted by molar-refractivity contribution is 0.240. The number of pyridine rings is 1. The van der Waals surface area contributed by atoms with Crippen molar-refractivity contribution in [3.05, 3.63) is 63.3 Å². The van der Waals surface area contributed by atoms with E-state index in [0.29, 0.717) is 10.9 Å². The molecule has 0 atom stereocenters. The van der Waals surface area contributed by atoms with Gasteiger partial charge in [0.05, 0.1) is 10.9 Å². The molecule has 5 nitrogen and oxygen atoms in total. The Morgan fingerprint density at radius 3 is 2.89 bits per heavy atom. The van der Waals surface area contributed by atoms with Crippen LogP contribution in [0.4, 0.5) is 0 Å². The van der Waals surface area contributed by atoms with Crippen molar-refractivity contribution in [3.8, 4) is 11.8 Å². The lowest BCUT2D eigenvalue weighted by Gasteiger charge is -2.31. The first-order chi connectivity index (χ1) is 13.5. The summed E-state index contributed by atoms with van der Waals surface area (Å²) >= 11 is 1.48. The van der Waals surface area contributed by atoms with Gasteiger partial charge in [0.2, 0.25) is 0 Å². The molecule has 0 saturated heterocycles. The number of aryl methyl sites for hydroxylation is 1. The van der Waals surface area contributed by atoms with Gasteiger partial charge in [-0.1, -0.05) is 31.1 Å². The van der Waals surface area contributed by atoms with Crippen LogP contribution in [0.5, 0.6) is 0 Å². The van der Waals surface area contributed by atoms with Crippen LogP contribution < -0.4 is 5.56 Å². The molecule has 0 spiro atoms. The highest BCUT2D eigenvalue weighted by Gasteiger charge is 2.27. The van der Waals surface area contributed by atoms with Crippen LogP contribution in [0.15, 0.2) is 41.3 Å². The fourth-order valence-electron chi connectivity index (χ4n) is 3.60. The van der Waals surface area contributed by atoms with Gasteiger partial charge in [-0.15, -0.1) is 0 Å². The zero-order valence-corrected chi connectivity index (χ0v) is 16.5. The van der Waals surface area contributed by atoms with Crippen LogP contribution in [0, 0.1) is 17.3 Å². The van der Waals surface area contributed by atoms with E-state index in [9.17, 15) is 4.79 Å². The second kappa shape index (κ2) is 6.25. The molecule has 0 bridgehead atoms. The number of benzene rings is 1. The van der Waals surface area contributed by atoms with Gasteiger partial charge in [-0.05, 0) is 48.1 Å². The van der Waals surface area contributed by atoms with Crippen LogP contribution in [-0.2, 0) is 13.0 Å². The molecule has 3 aromatic heterocycles. The van der Waals surface area contributed by atoms with Crippen LogP contribution >= 0.6 is 11.3 Å². The highest BCUT2D eigenvalue weighted by Crippen LogP contribution is 2.29. The molecular weight excluding hydrogens is 368 g/mol. The number of nitrogens with zero attached hydrogens (tertiary/aromatic N) is 4. The minimum Gasteiger partial charge on any atom is -0.296 e. The Labute approximate surface area is 166 Å². The third kappa shape index (κ3) is 2.98. The van der Waals surface area contributed by atoms with E-state index in [4.69, 9.17) is 4.98 Å². The van der Waals surface area contributed by atoms with Crippen molar-refractivity contribution < 1.29 is 0 Å². The molecule has 28 heavy (non-hydrogen) atoms. The molecular formula is C22H18N4OS. The standard InChI is InChI=1S/C22H18N4OS/c1-22(2)10-9-18-24-17-12-14(5-7-15(17)21(27)26(18)13-22)6-8-19-25-16-4-3-11-23-20(16)28-19/h3-5,7,11-12H,9-10,13H2,1-2H3. The van der Waals surface area contributed by atoms with Gasteiger partial charge >= 0.3 is 0 Å². The Bertz CT molecular complexity index is 1320. The Balaban J connectivity index is 1.55. The molecule has 0 N–H and O–H groups in total. The summed E-state index contributed by atoms with van der Waals surface area (Å²) in [5.41, 5.74) is 2.58. The summed E-state index contributed by atoms with van der Waals surface area (Å²) in [5, 5.41) is 1.38. The third-order valence-electron chi connectivity index (χ3n) is 5.13. The van der Waals surface area contributed by atoms with E-state index >= 15 is 0 Å². The van der Waals surface area contributed by atoms with Crippen LogP contribution in [0.2, 0.25) is 0 Å². The predicted molar refractivity (Wildman–Crippen MR) is 112 cm³/mol. The quantitative estimate of drug-likeness (QED) is 0.432. The number of aromatic nitrogens is 4. The minimum atomic E-state index is 0.0459. The van der Waals surface area contributed by atoms with E-state index in [1.807, 2.05) is 34.9 Å². The van der Waals surface area contributed by atoms with Gasteiger partial charge in [-0.25, -0.2) is 15.0 Å². The van der Waals surface area contributed by atoms with Crippen molar-refractivity contribution in [2.24, 2.45) is 5.41 Å². The normalized spacial score (nSPS) is 15.2. The van der Waals surface area contributed by atoms with E-state index in [2.05, 4.69) is 35.7 Å². The summed E-state index contributed by atoms with van der Waals surface area (Å²) in [6.45, 7) is 5.11. The van der Waals surface area contributed by atoms with E-state index < -0.39 is 0 Å². The molecule has 0 saturated carbocycles. The summed E-state index contributed by atoms with van der Waals surface area (Å²) < 4.78 is 1.84. The number of fused-ring (bicyclic) bond motifs is 3. The zero-order valence-electron chi connectivity index (χ0n) is 15.7. The molecule has 5 rings (SSSR count). The fraction of sp³-hybridized carbons (Fsp3) is 0.273. The zero-order chi connectivity index (χ0) is 19.3. The molecule has 1 aliphatic rings.